The summed E-state index contributed by atoms with van der Waals surface area (Å²) >= 11 is 0. The normalized spacial score (nSPS) is 41.5. The van der Waals surface area contributed by atoms with Gasteiger partial charge in [-0.2, -0.15) is 17.2 Å². The van der Waals surface area contributed by atoms with Gasteiger partial charge in [0.25, 0.3) is 0 Å². The van der Waals surface area contributed by atoms with Crippen LogP contribution in [0, 0.1) is 46.3 Å². The van der Waals surface area contributed by atoms with Gasteiger partial charge in [-0.1, -0.05) is 20.8 Å². The molecule has 0 saturated heterocycles. The Morgan fingerprint density at radius 1 is 1.00 bits per heavy atom. The molecule has 10 nitrogen and oxygen atoms in total. The minimum Gasteiger partial charge on any atom is -0.455 e. The number of hydrogen-bond acceptors (Lipinski definition) is 9. The minimum absolute atomic E-state index is 0.0121. The Balaban J connectivity index is 1.32. The van der Waals surface area contributed by atoms with Gasteiger partial charge in [0.15, 0.2) is 13.2 Å². The second-order valence-corrected chi connectivity index (χ2v) is 15.0. The molecule has 13 heteroatoms. The van der Waals surface area contributed by atoms with Crippen molar-refractivity contribution in [2.45, 2.75) is 102 Å². The van der Waals surface area contributed by atoms with Crippen LogP contribution < -0.4 is 0 Å². The van der Waals surface area contributed by atoms with Crippen LogP contribution in [0.4, 0.5) is 8.78 Å². The number of aliphatic hydroxyl groups is 3. The van der Waals surface area contributed by atoms with Gasteiger partial charge in [0.2, 0.25) is 0 Å². The van der Waals surface area contributed by atoms with Crippen LogP contribution in [0.2, 0.25) is 0 Å². The van der Waals surface area contributed by atoms with E-state index in [0.717, 1.165) is 25.7 Å². The molecule has 4 aliphatic carbocycles. The first-order valence-corrected chi connectivity index (χ1v) is 16.1. The molecule has 0 aromatic heterocycles. The van der Waals surface area contributed by atoms with Gasteiger partial charge >= 0.3 is 27.3 Å². The Morgan fingerprint density at radius 3 is 2.34 bits per heavy atom. The van der Waals surface area contributed by atoms with Gasteiger partial charge in [-0.15, -0.1) is 0 Å². The maximum absolute atomic E-state index is 13.2. The molecule has 4 fully saturated rings. The summed E-state index contributed by atoms with van der Waals surface area (Å²) in [6.07, 6.45) is 4.27. The number of carbonyl (C=O) groups is 2. The largest absolute Gasteiger partial charge is 0.455 e. The van der Waals surface area contributed by atoms with Crippen molar-refractivity contribution in [3.63, 3.8) is 0 Å². The van der Waals surface area contributed by atoms with E-state index >= 15 is 0 Å². The van der Waals surface area contributed by atoms with E-state index < -0.39 is 58.1 Å². The highest BCUT2D eigenvalue weighted by molar-refractivity contribution is 7.86. The molecule has 0 amide bonds. The number of alkyl halides is 2. The smallest absolute Gasteiger partial charge is 0.402 e. The molecular weight excluding hydrogens is 566 g/mol. The lowest BCUT2D eigenvalue weighted by Crippen LogP contribution is -2.62. The Bertz CT molecular complexity index is 1100. The zero-order chi connectivity index (χ0) is 30.5. The lowest BCUT2D eigenvalue weighted by atomic mass is 9.43. The van der Waals surface area contributed by atoms with Crippen molar-refractivity contribution in [3.05, 3.63) is 0 Å². The molecule has 0 aliphatic heterocycles. The second-order valence-electron chi connectivity index (χ2n) is 13.5. The molecule has 4 rings (SSSR count). The third-order valence-electron chi connectivity index (χ3n) is 11.5. The molecular formula is C28H44F2O10S. The van der Waals surface area contributed by atoms with Crippen LogP contribution in [-0.4, -0.2) is 77.0 Å². The number of ether oxygens (including phenoxy) is 2. The maximum Gasteiger partial charge on any atom is 0.402 e. The fourth-order valence-corrected chi connectivity index (χ4v) is 9.38. The summed E-state index contributed by atoms with van der Waals surface area (Å²) in [4.78, 5) is 23.9. The van der Waals surface area contributed by atoms with Gasteiger partial charge in [0.1, 0.15) is 0 Å². The van der Waals surface area contributed by atoms with Gasteiger partial charge in [0, 0.05) is 6.42 Å². The van der Waals surface area contributed by atoms with Crippen molar-refractivity contribution in [2.24, 2.45) is 46.3 Å². The molecule has 0 spiro atoms. The van der Waals surface area contributed by atoms with E-state index in [2.05, 4.69) is 18.6 Å². The molecule has 236 valence electrons. The number of hydrogen-bond donors (Lipinski definition) is 4. The fraction of sp³-hybridized carbons (Fsp3) is 0.929. The SMILES string of the molecule is C[C@H](CCC(=O)OCC(=O)OCC(F)(F)S(=O)(=O)O)[C@H]1CC[C@H]2[C@@H]3C(O)C[C@@H]4CC(O)CC[C@]4(C)[C@H]3CC(O)[C@]12C. The highest BCUT2D eigenvalue weighted by atomic mass is 32.2. The predicted molar refractivity (Wildman–Crippen MR) is 141 cm³/mol. The summed E-state index contributed by atoms with van der Waals surface area (Å²) in [5.41, 5.74) is -0.465. The summed E-state index contributed by atoms with van der Waals surface area (Å²) in [5, 5.41) is 28.6. The fourth-order valence-electron chi connectivity index (χ4n) is 9.17. The van der Waals surface area contributed by atoms with E-state index in [9.17, 15) is 42.1 Å². The van der Waals surface area contributed by atoms with E-state index in [4.69, 9.17) is 9.29 Å². The van der Waals surface area contributed by atoms with Crippen molar-refractivity contribution in [3.8, 4) is 0 Å². The van der Waals surface area contributed by atoms with Crippen molar-refractivity contribution >= 4 is 22.1 Å². The first-order valence-electron chi connectivity index (χ1n) is 14.6. The number of esters is 2. The number of rotatable bonds is 9. The molecule has 3 unspecified atom stereocenters. The molecule has 0 aromatic carbocycles. The molecule has 0 radical (unpaired) electrons. The molecule has 0 heterocycles. The maximum atomic E-state index is 13.2. The minimum atomic E-state index is -5.75. The Morgan fingerprint density at radius 2 is 1.68 bits per heavy atom. The molecule has 4 saturated carbocycles. The summed E-state index contributed by atoms with van der Waals surface area (Å²) in [7, 11) is -5.75. The average Bonchev–Trinajstić information content (AvgIpc) is 3.24. The molecule has 41 heavy (non-hydrogen) atoms. The van der Waals surface area contributed by atoms with Crippen LogP contribution in [0.5, 0.6) is 0 Å². The topological polar surface area (TPSA) is 168 Å². The standard InChI is InChI=1S/C28H44F2O10S/c1-15(4-7-23(34)39-13-24(35)40-14-28(29,30)41(36,37)38)18-5-6-19-25-20(12-22(33)27(18,19)3)26(2)9-8-17(31)10-16(26)11-21(25)32/h15-22,25,31-33H,4-14H2,1-3H3,(H,36,37,38)/t15-,16+,17?,18-,19+,20+,21?,22?,25+,26+,27-/m1/s1. The zero-order valence-corrected chi connectivity index (χ0v) is 24.7. The van der Waals surface area contributed by atoms with Crippen LogP contribution >= 0.6 is 0 Å². The van der Waals surface area contributed by atoms with Crippen LogP contribution in [0.25, 0.3) is 0 Å². The van der Waals surface area contributed by atoms with Gasteiger partial charge in [-0.05, 0) is 97.7 Å². The summed E-state index contributed by atoms with van der Waals surface area (Å²) in [5.74, 6) is -1.41. The number of aliphatic hydroxyl groups excluding tert-OH is 3. The number of fused-ring (bicyclic) bond motifs is 5. The molecule has 0 bridgehead atoms. The summed E-state index contributed by atoms with van der Waals surface area (Å²) in [6.45, 7) is 3.51. The highest BCUT2D eigenvalue weighted by Crippen LogP contribution is 2.68. The quantitative estimate of drug-likeness (QED) is 0.225. The molecule has 4 aliphatic rings. The molecule has 0 aromatic rings. The first kappa shape index (κ1) is 32.5. The average molecular weight is 611 g/mol. The number of carbonyl (C=O) groups excluding carboxylic acids is 2. The van der Waals surface area contributed by atoms with Crippen molar-refractivity contribution in [2.75, 3.05) is 13.2 Å². The van der Waals surface area contributed by atoms with Crippen molar-refractivity contribution in [1.29, 1.82) is 0 Å². The van der Waals surface area contributed by atoms with Crippen molar-refractivity contribution in [1.82, 2.24) is 0 Å². The molecule has 11 atom stereocenters. The van der Waals surface area contributed by atoms with E-state index in [1.54, 1.807) is 0 Å². The third-order valence-corrected chi connectivity index (χ3v) is 12.3. The van der Waals surface area contributed by atoms with E-state index in [-0.39, 0.29) is 53.4 Å². The van der Waals surface area contributed by atoms with E-state index in [1.165, 1.54) is 0 Å². The van der Waals surface area contributed by atoms with E-state index in [1.807, 2.05) is 6.92 Å². The van der Waals surface area contributed by atoms with Crippen LogP contribution in [0.15, 0.2) is 0 Å². The first-order chi connectivity index (χ1) is 18.9. The van der Waals surface area contributed by atoms with E-state index in [0.29, 0.717) is 25.7 Å². The summed E-state index contributed by atoms with van der Waals surface area (Å²) < 4.78 is 64.9. The van der Waals surface area contributed by atoms with Crippen LogP contribution in [-0.2, 0) is 29.2 Å². The van der Waals surface area contributed by atoms with Gasteiger partial charge in [0.05, 0.1) is 18.3 Å². The summed E-state index contributed by atoms with van der Waals surface area (Å²) in [6, 6.07) is 0. The Kier molecular flexibility index (Phi) is 9.19. The highest BCUT2D eigenvalue weighted by Gasteiger charge is 2.65. The Labute approximate surface area is 239 Å². The predicted octanol–water partition coefficient (Wildman–Crippen LogP) is 2.93. The molecule has 4 N–H and O–H groups in total. The number of halogens is 2. The lowest BCUT2D eigenvalue weighted by molar-refractivity contribution is -0.207. The third kappa shape index (κ3) is 6.03. The van der Waals surface area contributed by atoms with Gasteiger partial charge in [-0.3, -0.25) is 9.35 Å². The monoisotopic (exact) mass is 610 g/mol. The van der Waals surface area contributed by atoms with Gasteiger partial charge < -0.3 is 24.8 Å². The van der Waals surface area contributed by atoms with Crippen molar-refractivity contribution < 1.29 is 56.1 Å². The Hall–Kier alpha value is -1.41. The lowest BCUT2D eigenvalue weighted by Gasteiger charge is -2.63. The second kappa shape index (κ2) is 11.6. The van der Waals surface area contributed by atoms with Crippen LogP contribution in [0.3, 0.4) is 0 Å². The zero-order valence-electron chi connectivity index (χ0n) is 23.9. The van der Waals surface area contributed by atoms with Crippen LogP contribution in [0.1, 0.15) is 78.6 Å². The van der Waals surface area contributed by atoms with Gasteiger partial charge in [-0.25, -0.2) is 4.79 Å².